The van der Waals surface area contributed by atoms with E-state index in [0.29, 0.717) is 15.9 Å². The molecule has 0 amide bonds. The van der Waals surface area contributed by atoms with Gasteiger partial charge in [-0.05, 0) is 48.9 Å². The highest BCUT2D eigenvalue weighted by atomic mass is 32.1. The zero-order valence-electron chi connectivity index (χ0n) is 16.6. The Kier molecular flexibility index (Phi) is 4.78. The summed E-state index contributed by atoms with van der Waals surface area (Å²) in [6, 6.07) is 15.1. The van der Waals surface area contributed by atoms with Crippen molar-refractivity contribution in [2.75, 3.05) is 0 Å². The average Bonchev–Trinajstić information content (AvgIpc) is 3.17. The molecule has 1 aliphatic carbocycles. The van der Waals surface area contributed by atoms with E-state index in [9.17, 15) is 19.7 Å². The number of hydrogen-bond acceptors (Lipinski definition) is 5. The predicted molar refractivity (Wildman–Crippen MR) is 121 cm³/mol. The van der Waals surface area contributed by atoms with Crippen molar-refractivity contribution in [3.63, 3.8) is 0 Å². The molecule has 0 spiro atoms. The van der Waals surface area contributed by atoms with Gasteiger partial charge < -0.3 is 0 Å². The van der Waals surface area contributed by atoms with Gasteiger partial charge in [-0.15, -0.1) is 11.3 Å². The Morgan fingerprint density at radius 2 is 1.68 bits per heavy atom. The van der Waals surface area contributed by atoms with E-state index in [-0.39, 0.29) is 17.8 Å². The highest BCUT2D eigenvalue weighted by Gasteiger charge is 2.24. The molecular weight excluding hydrogens is 414 g/mol. The van der Waals surface area contributed by atoms with Crippen LogP contribution in [0.4, 0.5) is 5.69 Å². The highest BCUT2D eigenvalue weighted by Crippen LogP contribution is 2.34. The van der Waals surface area contributed by atoms with Gasteiger partial charge in [0.05, 0.1) is 22.5 Å². The van der Waals surface area contributed by atoms with Gasteiger partial charge in [0.1, 0.15) is 4.83 Å². The third-order valence-corrected chi connectivity index (χ3v) is 7.05. The van der Waals surface area contributed by atoms with Gasteiger partial charge in [-0.25, -0.2) is 9.36 Å². The molecule has 2 aromatic heterocycles. The number of nitrogens with zero attached hydrogens (tertiary/aromatic N) is 3. The van der Waals surface area contributed by atoms with Crippen LogP contribution >= 0.6 is 11.3 Å². The van der Waals surface area contributed by atoms with Gasteiger partial charge in [0.15, 0.2) is 0 Å². The first kappa shape index (κ1) is 19.4. The van der Waals surface area contributed by atoms with Gasteiger partial charge in [-0.3, -0.25) is 19.5 Å². The zero-order chi connectivity index (χ0) is 21.5. The molecule has 0 unspecified atom stereocenters. The molecule has 2 aromatic carbocycles. The molecule has 8 heteroatoms. The number of aromatic nitrogens is 2. The van der Waals surface area contributed by atoms with Crippen molar-refractivity contribution in [2.45, 2.75) is 32.2 Å². The first-order valence-electron chi connectivity index (χ1n) is 10.1. The van der Waals surface area contributed by atoms with E-state index in [1.807, 2.05) is 6.07 Å². The van der Waals surface area contributed by atoms with E-state index in [2.05, 4.69) is 0 Å². The van der Waals surface area contributed by atoms with Gasteiger partial charge in [0.2, 0.25) is 0 Å². The lowest BCUT2D eigenvalue weighted by molar-refractivity contribution is -0.384. The normalized spacial score (nSPS) is 13.3. The molecule has 156 valence electrons. The Bertz CT molecular complexity index is 1420. The molecule has 0 saturated heterocycles. The molecular formula is C23H19N3O4S. The predicted octanol–water partition coefficient (Wildman–Crippen LogP) is 4.05. The second kappa shape index (κ2) is 7.63. The number of non-ortho nitro benzene ring substituents is 1. The van der Waals surface area contributed by atoms with Crippen LogP contribution in [0, 0.1) is 10.1 Å². The van der Waals surface area contributed by atoms with Crippen LogP contribution < -0.4 is 11.2 Å². The number of nitro groups is 1. The Balaban J connectivity index is 1.76. The summed E-state index contributed by atoms with van der Waals surface area (Å²) in [5.41, 5.74) is 1.69. The lowest BCUT2D eigenvalue weighted by Gasteiger charge is -2.13. The van der Waals surface area contributed by atoms with Gasteiger partial charge in [-0.2, -0.15) is 0 Å². The molecule has 5 rings (SSSR count). The molecule has 4 aromatic rings. The molecule has 0 atom stereocenters. The van der Waals surface area contributed by atoms with Crippen LogP contribution in [0.3, 0.4) is 0 Å². The summed E-state index contributed by atoms with van der Waals surface area (Å²) in [5, 5.41) is 11.6. The number of para-hydroxylation sites is 1. The van der Waals surface area contributed by atoms with Crippen molar-refractivity contribution in [1.82, 2.24) is 9.13 Å². The first-order valence-corrected chi connectivity index (χ1v) is 10.9. The first-order chi connectivity index (χ1) is 15.0. The number of hydrogen-bond donors (Lipinski definition) is 0. The maximum absolute atomic E-state index is 13.5. The SMILES string of the molecule is O=c1c2c3c(sc2n(Cc2ccc([N+](=O)[O-])cc2)c(=O)n1-c1ccccc1)CCCC3. The number of nitro benzene ring substituents is 1. The summed E-state index contributed by atoms with van der Waals surface area (Å²) >= 11 is 1.53. The molecule has 31 heavy (non-hydrogen) atoms. The summed E-state index contributed by atoms with van der Waals surface area (Å²) in [4.78, 5) is 39.4. The second-order valence-corrected chi connectivity index (χ2v) is 8.74. The summed E-state index contributed by atoms with van der Waals surface area (Å²) in [5.74, 6) is 0. The van der Waals surface area contributed by atoms with Crippen molar-refractivity contribution in [1.29, 1.82) is 0 Å². The minimum absolute atomic E-state index is 0.00193. The third kappa shape index (κ3) is 3.29. The number of benzene rings is 2. The molecule has 0 N–H and O–H groups in total. The molecule has 0 radical (unpaired) electrons. The largest absolute Gasteiger partial charge is 0.337 e. The van der Waals surface area contributed by atoms with Crippen LogP contribution in [0.5, 0.6) is 0 Å². The molecule has 0 aliphatic heterocycles. The minimum atomic E-state index is -0.447. The molecule has 7 nitrogen and oxygen atoms in total. The van der Waals surface area contributed by atoms with Gasteiger partial charge in [0, 0.05) is 17.0 Å². The summed E-state index contributed by atoms with van der Waals surface area (Å²) in [7, 11) is 0. The molecule has 0 saturated carbocycles. The molecule has 0 fully saturated rings. The maximum atomic E-state index is 13.5. The maximum Gasteiger partial charge on any atom is 0.337 e. The van der Waals surface area contributed by atoms with E-state index in [1.165, 1.54) is 32.9 Å². The van der Waals surface area contributed by atoms with Crippen molar-refractivity contribution >= 4 is 27.2 Å². The number of aryl methyl sites for hydroxylation is 2. The lowest BCUT2D eigenvalue weighted by atomic mass is 9.97. The highest BCUT2D eigenvalue weighted by molar-refractivity contribution is 7.18. The van der Waals surface area contributed by atoms with Crippen LogP contribution in [0.2, 0.25) is 0 Å². The smallest absolute Gasteiger partial charge is 0.280 e. The summed E-state index contributed by atoms with van der Waals surface area (Å²) < 4.78 is 2.88. The van der Waals surface area contributed by atoms with E-state index in [1.54, 1.807) is 41.0 Å². The van der Waals surface area contributed by atoms with Crippen LogP contribution in [0.1, 0.15) is 28.8 Å². The van der Waals surface area contributed by atoms with Crippen molar-refractivity contribution in [2.24, 2.45) is 0 Å². The van der Waals surface area contributed by atoms with E-state index >= 15 is 0 Å². The van der Waals surface area contributed by atoms with E-state index < -0.39 is 10.6 Å². The quantitative estimate of drug-likeness (QED) is 0.359. The fourth-order valence-electron chi connectivity index (χ4n) is 4.22. The average molecular weight is 433 g/mol. The standard InChI is InChI=1S/C23H19N3O4S/c27-21-20-18-8-4-5-9-19(18)31-22(20)24(14-15-10-12-17(13-11-15)26(29)30)23(28)25(21)16-6-2-1-3-7-16/h1-3,6-7,10-13H,4-5,8-9,14H2. The Hall–Kier alpha value is -3.52. The number of fused-ring (bicyclic) bond motifs is 3. The van der Waals surface area contributed by atoms with Crippen LogP contribution in [0.25, 0.3) is 15.9 Å². The summed E-state index contributed by atoms with van der Waals surface area (Å²) in [6.07, 6.45) is 3.88. The van der Waals surface area contributed by atoms with Gasteiger partial charge in [0.25, 0.3) is 11.2 Å². The fourth-order valence-corrected chi connectivity index (χ4v) is 5.59. The second-order valence-electron chi connectivity index (χ2n) is 7.66. The minimum Gasteiger partial charge on any atom is -0.280 e. The molecule has 1 aliphatic rings. The van der Waals surface area contributed by atoms with Crippen molar-refractivity contribution < 1.29 is 4.92 Å². The van der Waals surface area contributed by atoms with Crippen molar-refractivity contribution in [3.05, 3.63) is 102 Å². The number of rotatable bonds is 4. The Morgan fingerprint density at radius 1 is 0.968 bits per heavy atom. The van der Waals surface area contributed by atoms with E-state index in [4.69, 9.17) is 0 Å². The topological polar surface area (TPSA) is 87.1 Å². The lowest BCUT2D eigenvalue weighted by Crippen LogP contribution is -2.39. The van der Waals surface area contributed by atoms with E-state index in [0.717, 1.165) is 36.8 Å². The molecule has 0 bridgehead atoms. The Labute approximate surface area is 181 Å². The van der Waals surface area contributed by atoms with Crippen LogP contribution in [-0.2, 0) is 19.4 Å². The van der Waals surface area contributed by atoms with Gasteiger partial charge >= 0.3 is 5.69 Å². The third-order valence-electron chi connectivity index (χ3n) is 5.74. The van der Waals surface area contributed by atoms with Crippen LogP contribution in [-0.4, -0.2) is 14.1 Å². The number of thiophene rings is 1. The zero-order valence-corrected chi connectivity index (χ0v) is 17.4. The fraction of sp³-hybridized carbons (Fsp3) is 0.217. The summed E-state index contributed by atoms with van der Waals surface area (Å²) in [6.45, 7) is 0.236. The monoisotopic (exact) mass is 433 g/mol. The van der Waals surface area contributed by atoms with Gasteiger partial charge in [-0.1, -0.05) is 30.3 Å². The van der Waals surface area contributed by atoms with Crippen molar-refractivity contribution in [3.8, 4) is 5.69 Å². The molecule has 2 heterocycles. The van der Waals surface area contributed by atoms with Crippen LogP contribution in [0.15, 0.2) is 64.2 Å². The Morgan fingerprint density at radius 3 is 2.39 bits per heavy atom.